The highest BCUT2D eigenvalue weighted by Gasteiger charge is 2.35. The predicted molar refractivity (Wildman–Crippen MR) is 181 cm³/mol. The maximum atomic E-state index is 14.5. The van der Waals surface area contributed by atoms with E-state index in [-0.39, 0.29) is 29.8 Å². The Kier molecular flexibility index (Phi) is 11.4. The summed E-state index contributed by atoms with van der Waals surface area (Å²) in [5.74, 6) is -0.800. The van der Waals surface area contributed by atoms with Crippen LogP contribution in [0.2, 0.25) is 5.02 Å². The second-order valence-electron chi connectivity index (χ2n) is 11.3. The molecule has 45 heavy (non-hydrogen) atoms. The van der Waals surface area contributed by atoms with Crippen molar-refractivity contribution in [2.45, 2.75) is 64.1 Å². The number of aryl methyl sites for hydroxylation is 2. The van der Waals surface area contributed by atoms with Gasteiger partial charge in [0.1, 0.15) is 12.6 Å². The molecule has 0 unspecified atom stereocenters. The van der Waals surface area contributed by atoms with Crippen LogP contribution in [0.15, 0.2) is 108 Å². The summed E-state index contributed by atoms with van der Waals surface area (Å²) in [6, 6.07) is 29.1. The van der Waals surface area contributed by atoms with E-state index in [1.54, 1.807) is 12.1 Å². The van der Waals surface area contributed by atoms with Crippen LogP contribution in [0.3, 0.4) is 0 Å². The van der Waals surface area contributed by atoms with Crippen LogP contribution in [0.4, 0.5) is 5.69 Å². The average Bonchev–Trinajstić information content (AvgIpc) is 3.03. The van der Waals surface area contributed by atoms with E-state index in [2.05, 4.69) is 5.32 Å². The molecular formula is C36H40ClN3O4S. The molecule has 4 aromatic rings. The highest BCUT2D eigenvalue weighted by molar-refractivity contribution is 7.92. The summed E-state index contributed by atoms with van der Waals surface area (Å²) in [6.07, 6.45) is 0.978. The van der Waals surface area contributed by atoms with Crippen LogP contribution < -0.4 is 9.62 Å². The molecule has 9 heteroatoms. The van der Waals surface area contributed by atoms with Gasteiger partial charge in [-0.1, -0.05) is 85.3 Å². The summed E-state index contributed by atoms with van der Waals surface area (Å²) in [6.45, 7) is 7.34. The smallest absolute Gasteiger partial charge is 0.264 e. The van der Waals surface area contributed by atoms with Crippen molar-refractivity contribution in [3.63, 3.8) is 0 Å². The molecule has 2 atom stereocenters. The summed E-state index contributed by atoms with van der Waals surface area (Å²) in [5.41, 5.74) is 3.92. The minimum atomic E-state index is -4.20. The molecule has 0 aromatic heterocycles. The summed E-state index contributed by atoms with van der Waals surface area (Å²) in [4.78, 5) is 29.9. The number of hydrogen-bond acceptors (Lipinski definition) is 4. The van der Waals surface area contributed by atoms with Gasteiger partial charge in [-0.25, -0.2) is 8.42 Å². The number of hydrogen-bond donors (Lipinski definition) is 1. The second-order valence-corrected chi connectivity index (χ2v) is 13.6. The maximum absolute atomic E-state index is 14.5. The lowest BCUT2D eigenvalue weighted by atomic mass is 10.0. The first-order valence-corrected chi connectivity index (χ1v) is 16.8. The van der Waals surface area contributed by atoms with Gasteiger partial charge >= 0.3 is 0 Å². The highest BCUT2D eigenvalue weighted by atomic mass is 35.5. The lowest BCUT2D eigenvalue weighted by molar-refractivity contribution is -0.140. The molecular weight excluding hydrogens is 606 g/mol. The zero-order chi connectivity index (χ0) is 32.6. The van der Waals surface area contributed by atoms with E-state index >= 15 is 0 Å². The van der Waals surface area contributed by atoms with Crippen molar-refractivity contribution < 1.29 is 18.0 Å². The third-order valence-electron chi connectivity index (χ3n) is 7.93. The summed E-state index contributed by atoms with van der Waals surface area (Å²) >= 11 is 6.07. The number of amides is 2. The Bertz CT molecular complexity index is 1700. The number of nitrogens with one attached hydrogen (secondary N) is 1. The molecule has 2 amide bonds. The van der Waals surface area contributed by atoms with Crippen molar-refractivity contribution in [2.24, 2.45) is 0 Å². The molecule has 4 aromatic carbocycles. The molecule has 1 N–H and O–H groups in total. The van der Waals surface area contributed by atoms with Gasteiger partial charge in [-0.15, -0.1) is 0 Å². The molecule has 4 rings (SSSR count). The summed E-state index contributed by atoms with van der Waals surface area (Å²) in [5, 5.41) is 3.45. The van der Waals surface area contributed by atoms with Crippen LogP contribution in [0, 0.1) is 13.8 Å². The molecule has 0 aliphatic carbocycles. The molecule has 0 spiro atoms. The lowest BCUT2D eigenvalue weighted by Crippen LogP contribution is -2.54. The van der Waals surface area contributed by atoms with Crippen molar-refractivity contribution in [3.8, 4) is 0 Å². The summed E-state index contributed by atoms with van der Waals surface area (Å²) in [7, 11) is -4.20. The molecule has 0 saturated heterocycles. The number of carbonyl (C=O) groups is 2. The predicted octanol–water partition coefficient (Wildman–Crippen LogP) is 6.71. The largest absolute Gasteiger partial charge is 0.352 e. The molecule has 0 fully saturated rings. The molecule has 0 saturated carbocycles. The standard InChI is InChI=1S/C36H40ClN3O4S/c1-5-28(4)38-36(42)34(23-29-12-8-6-9-13-29)39(24-30-14-10-7-11-15-30)35(41)25-40(32-19-16-26(2)27(3)22-32)45(43,44)33-20-17-31(37)18-21-33/h6-22,28,34H,5,23-25H2,1-4H3,(H,38,42)/t28-,34+/m0/s1. The Morgan fingerprint density at radius 2 is 1.42 bits per heavy atom. The second kappa shape index (κ2) is 15.2. The van der Waals surface area contributed by atoms with Crippen molar-refractivity contribution >= 4 is 39.1 Å². The van der Waals surface area contributed by atoms with Crippen LogP contribution >= 0.6 is 11.6 Å². The Hall–Kier alpha value is -4.14. The number of rotatable bonds is 13. The fraction of sp³-hybridized carbons (Fsp3) is 0.278. The first kappa shape index (κ1) is 33.7. The van der Waals surface area contributed by atoms with Crippen molar-refractivity contribution in [1.29, 1.82) is 0 Å². The van der Waals surface area contributed by atoms with E-state index in [4.69, 9.17) is 11.6 Å². The monoisotopic (exact) mass is 645 g/mol. The van der Waals surface area contributed by atoms with Gasteiger partial charge in [0.2, 0.25) is 11.8 Å². The van der Waals surface area contributed by atoms with E-state index in [0.29, 0.717) is 10.7 Å². The SMILES string of the molecule is CC[C@H](C)NC(=O)[C@@H](Cc1ccccc1)N(Cc1ccccc1)C(=O)CN(c1ccc(C)c(C)c1)S(=O)(=O)c1ccc(Cl)cc1. The van der Waals surface area contributed by atoms with Crippen LogP contribution in [-0.2, 0) is 32.6 Å². The third kappa shape index (κ3) is 8.74. The average molecular weight is 646 g/mol. The molecule has 0 aliphatic rings. The normalized spacial score (nSPS) is 12.6. The van der Waals surface area contributed by atoms with Gasteiger partial charge in [-0.3, -0.25) is 13.9 Å². The molecule has 236 valence electrons. The number of halogens is 1. The minimum Gasteiger partial charge on any atom is -0.352 e. The maximum Gasteiger partial charge on any atom is 0.264 e. The van der Waals surface area contributed by atoms with E-state index in [1.807, 2.05) is 94.4 Å². The number of carbonyl (C=O) groups excluding carboxylic acids is 2. The molecule has 0 aliphatic heterocycles. The topological polar surface area (TPSA) is 86.8 Å². The number of nitrogens with zero attached hydrogens (tertiary/aromatic N) is 2. The quantitative estimate of drug-likeness (QED) is 0.175. The van der Waals surface area contributed by atoms with Gasteiger partial charge in [0.15, 0.2) is 0 Å². The van der Waals surface area contributed by atoms with Crippen LogP contribution in [-0.4, -0.2) is 43.8 Å². The zero-order valence-electron chi connectivity index (χ0n) is 26.1. The van der Waals surface area contributed by atoms with Crippen molar-refractivity contribution in [1.82, 2.24) is 10.2 Å². The fourth-order valence-electron chi connectivity index (χ4n) is 4.92. The van der Waals surface area contributed by atoms with Gasteiger partial charge in [-0.05, 0) is 85.8 Å². The van der Waals surface area contributed by atoms with Gasteiger partial charge in [0, 0.05) is 24.0 Å². The number of anilines is 1. The van der Waals surface area contributed by atoms with Crippen LogP contribution in [0.25, 0.3) is 0 Å². The third-order valence-corrected chi connectivity index (χ3v) is 9.97. The van der Waals surface area contributed by atoms with E-state index in [0.717, 1.165) is 33.0 Å². The van der Waals surface area contributed by atoms with Crippen molar-refractivity contribution in [3.05, 3.63) is 130 Å². The van der Waals surface area contributed by atoms with Crippen molar-refractivity contribution in [2.75, 3.05) is 10.8 Å². The molecule has 7 nitrogen and oxygen atoms in total. The highest BCUT2D eigenvalue weighted by Crippen LogP contribution is 2.27. The molecule has 0 heterocycles. The van der Waals surface area contributed by atoms with E-state index in [9.17, 15) is 18.0 Å². The Balaban J connectivity index is 1.81. The molecule has 0 bridgehead atoms. The van der Waals surface area contributed by atoms with Gasteiger partial charge in [0.05, 0.1) is 10.6 Å². The van der Waals surface area contributed by atoms with E-state index in [1.165, 1.54) is 29.2 Å². The van der Waals surface area contributed by atoms with Gasteiger partial charge in [-0.2, -0.15) is 0 Å². The van der Waals surface area contributed by atoms with Gasteiger partial charge in [0.25, 0.3) is 10.0 Å². The lowest BCUT2D eigenvalue weighted by Gasteiger charge is -2.34. The van der Waals surface area contributed by atoms with Crippen LogP contribution in [0.1, 0.15) is 42.5 Å². The Morgan fingerprint density at radius 3 is 2.00 bits per heavy atom. The zero-order valence-corrected chi connectivity index (χ0v) is 27.7. The minimum absolute atomic E-state index is 0.00267. The number of sulfonamides is 1. The van der Waals surface area contributed by atoms with Gasteiger partial charge < -0.3 is 10.2 Å². The first-order chi connectivity index (χ1) is 21.5. The fourth-order valence-corrected chi connectivity index (χ4v) is 6.45. The van der Waals surface area contributed by atoms with Crippen LogP contribution in [0.5, 0.6) is 0 Å². The summed E-state index contributed by atoms with van der Waals surface area (Å²) < 4.78 is 29.5. The molecule has 0 radical (unpaired) electrons. The Morgan fingerprint density at radius 1 is 0.822 bits per heavy atom. The Labute approximate surface area is 271 Å². The van der Waals surface area contributed by atoms with E-state index < -0.39 is 28.5 Å². The number of benzene rings is 4. The first-order valence-electron chi connectivity index (χ1n) is 15.0.